The number of carbonyl (C=O) groups is 2. The molecule has 1 atom stereocenters. The van der Waals surface area contributed by atoms with Gasteiger partial charge in [-0.2, -0.15) is 0 Å². The Kier molecular flexibility index (Phi) is 18.3. The number of aliphatic carboxylic acids is 1. The predicted molar refractivity (Wildman–Crippen MR) is 158 cm³/mol. The second-order valence-corrected chi connectivity index (χ2v) is 11.5. The number of carboxylic acids is 1. The molecule has 2 aromatic rings. The van der Waals surface area contributed by atoms with Crippen molar-refractivity contribution in [3.63, 3.8) is 0 Å². The first-order valence-electron chi connectivity index (χ1n) is 13.9. The van der Waals surface area contributed by atoms with Crippen LogP contribution in [0.4, 0.5) is 0 Å². The number of benzene rings is 2. The van der Waals surface area contributed by atoms with Crippen LogP contribution in [0.1, 0.15) is 68.2 Å². The third-order valence-corrected chi connectivity index (χ3v) is 7.44. The van der Waals surface area contributed by atoms with E-state index in [-0.39, 0.29) is 17.3 Å². The number of sulfonamides is 1. The van der Waals surface area contributed by atoms with Crippen molar-refractivity contribution < 1.29 is 43.2 Å². The third-order valence-electron chi connectivity index (χ3n) is 6.04. The van der Waals surface area contributed by atoms with Gasteiger partial charge in [0.15, 0.2) is 0 Å². The molecule has 0 aliphatic carbocycles. The zero-order valence-electron chi connectivity index (χ0n) is 24.1. The van der Waals surface area contributed by atoms with E-state index in [0.29, 0.717) is 30.9 Å². The molecular formula is C29H45N3O9S. The van der Waals surface area contributed by atoms with Crippen LogP contribution in [0.2, 0.25) is 0 Å². The van der Waals surface area contributed by atoms with E-state index in [1.807, 2.05) is 6.07 Å². The Morgan fingerprint density at radius 2 is 1.67 bits per heavy atom. The summed E-state index contributed by atoms with van der Waals surface area (Å²) in [6.45, 7) is 2.95. The molecule has 2 aromatic carbocycles. The van der Waals surface area contributed by atoms with E-state index >= 15 is 0 Å². The SMILES string of the molecule is CC(=O)O.NC(=O)CNS(=O)(=O)c1cccc(CCCCOCCCCCCNC[C@H](O)c2ccc(O)c(CO)c2)c1. The van der Waals surface area contributed by atoms with Crippen molar-refractivity contribution in [2.75, 3.05) is 32.8 Å². The summed E-state index contributed by atoms with van der Waals surface area (Å²) in [5, 5.41) is 39.7. The number of hydrogen-bond donors (Lipinski definition) is 7. The number of rotatable bonds is 20. The fraction of sp³-hybridized carbons (Fsp3) is 0.517. The predicted octanol–water partition coefficient (Wildman–Crippen LogP) is 1.96. The molecule has 2 rings (SSSR count). The van der Waals surface area contributed by atoms with Gasteiger partial charge in [-0.1, -0.05) is 31.0 Å². The normalized spacial score (nSPS) is 11.9. The average Bonchev–Trinajstić information content (AvgIpc) is 2.94. The van der Waals surface area contributed by atoms with Gasteiger partial charge in [-0.3, -0.25) is 9.59 Å². The molecular weight excluding hydrogens is 566 g/mol. The lowest BCUT2D eigenvalue weighted by atomic mass is 10.1. The minimum atomic E-state index is -3.76. The molecule has 0 bridgehead atoms. The lowest BCUT2D eigenvalue weighted by Gasteiger charge is -2.14. The number of unbranched alkanes of at least 4 members (excludes halogenated alkanes) is 4. The Morgan fingerprint density at radius 1 is 1.00 bits per heavy atom. The molecule has 0 aliphatic rings. The van der Waals surface area contributed by atoms with Crippen LogP contribution < -0.4 is 15.8 Å². The van der Waals surface area contributed by atoms with E-state index in [2.05, 4.69) is 10.0 Å². The van der Waals surface area contributed by atoms with E-state index in [1.165, 1.54) is 12.1 Å². The average molecular weight is 612 g/mol. The van der Waals surface area contributed by atoms with Gasteiger partial charge in [0, 0.05) is 32.2 Å². The van der Waals surface area contributed by atoms with Crippen molar-refractivity contribution in [3.05, 3.63) is 59.2 Å². The maximum atomic E-state index is 12.2. The summed E-state index contributed by atoms with van der Waals surface area (Å²) >= 11 is 0. The van der Waals surface area contributed by atoms with Gasteiger partial charge < -0.3 is 36.2 Å². The maximum Gasteiger partial charge on any atom is 0.300 e. The molecule has 13 heteroatoms. The van der Waals surface area contributed by atoms with Gasteiger partial charge in [0.05, 0.1) is 24.2 Å². The van der Waals surface area contributed by atoms with Crippen molar-refractivity contribution in [3.8, 4) is 5.75 Å². The van der Waals surface area contributed by atoms with Crippen LogP contribution in [0.25, 0.3) is 0 Å². The number of amides is 1. The Morgan fingerprint density at radius 3 is 2.33 bits per heavy atom. The van der Waals surface area contributed by atoms with Gasteiger partial charge in [0.25, 0.3) is 5.97 Å². The minimum Gasteiger partial charge on any atom is -0.508 e. The lowest BCUT2D eigenvalue weighted by Crippen LogP contribution is -2.33. The van der Waals surface area contributed by atoms with Crippen molar-refractivity contribution in [1.29, 1.82) is 0 Å². The third kappa shape index (κ3) is 16.4. The second-order valence-electron chi connectivity index (χ2n) is 9.71. The number of primary amides is 1. The number of aliphatic hydroxyl groups excluding tert-OH is 2. The highest BCUT2D eigenvalue weighted by Crippen LogP contribution is 2.22. The highest BCUT2D eigenvalue weighted by molar-refractivity contribution is 7.89. The molecule has 0 spiro atoms. The standard InChI is InChI=1S/C27H41N3O7S.C2H4O2/c28-27(34)19-30-38(35,36)24-10-7-9-21(16-24)8-3-6-15-37-14-5-2-1-4-13-29-18-26(33)22-11-12-25(32)23(17-22)20-31;1-2(3)4/h7,9-12,16-17,26,29-33H,1-6,8,13-15,18-20H2,(H2,28,34);1H3,(H,3,4)/t26-;/m0./s1. The van der Waals surface area contributed by atoms with E-state index in [1.54, 1.807) is 24.3 Å². The monoisotopic (exact) mass is 611 g/mol. The van der Waals surface area contributed by atoms with Gasteiger partial charge in [-0.25, -0.2) is 13.1 Å². The van der Waals surface area contributed by atoms with Crippen LogP contribution in [0.15, 0.2) is 47.4 Å². The summed E-state index contributed by atoms with van der Waals surface area (Å²) in [6, 6.07) is 11.4. The van der Waals surface area contributed by atoms with Crippen molar-refractivity contribution in [2.45, 2.75) is 69.5 Å². The fourth-order valence-electron chi connectivity index (χ4n) is 3.86. The summed E-state index contributed by atoms with van der Waals surface area (Å²) in [7, 11) is -3.76. The van der Waals surface area contributed by atoms with Crippen molar-refractivity contribution >= 4 is 21.9 Å². The molecule has 0 radical (unpaired) electrons. The molecule has 0 aliphatic heterocycles. The summed E-state index contributed by atoms with van der Waals surface area (Å²) in [4.78, 5) is 19.9. The minimum absolute atomic E-state index is 0.0228. The van der Waals surface area contributed by atoms with Crippen LogP contribution in [-0.2, 0) is 37.4 Å². The Bertz CT molecular complexity index is 1190. The van der Waals surface area contributed by atoms with Crippen LogP contribution in [0.5, 0.6) is 5.75 Å². The van der Waals surface area contributed by atoms with Gasteiger partial charge >= 0.3 is 0 Å². The van der Waals surface area contributed by atoms with Gasteiger partial charge in [-0.15, -0.1) is 0 Å². The number of aryl methyl sites for hydroxylation is 1. The first kappa shape index (κ1) is 37.0. The van der Waals surface area contributed by atoms with E-state index in [0.717, 1.165) is 64.0 Å². The molecule has 0 heterocycles. The largest absolute Gasteiger partial charge is 0.508 e. The van der Waals surface area contributed by atoms with Crippen LogP contribution >= 0.6 is 0 Å². The molecule has 1 amide bonds. The highest BCUT2D eigenvalue weighted by atomic mass is 32.2. The molecule has 12 nitrogen and oxygen atoms in total. The lowest BCUT2D eigenvalue weighted by molar-refractivity contribution is -0.134. The molecule has 42 heavy (non-hydrogen) atoms. The van der Waals surface area contributed by atoms with Crippen molar-refractivity contribution in [2.24, 2.45) is 5.73 Å². The second kappa shape index (κ2) is 20.8. The molecule has 0 saturated heterocycles. The number of nitrogens with two attached hydrogens (primary N) is 1. The van der Waals surface area contributed by atoms with E-state index in [4.69, 9.17) is 20.4 Å². The number of aliphatic hydroxyl groups is 2. The van der Waals surface area contributed by atoms with E-state index < -0.39 is 34.5 Å². The molecule has 0 saturated carbocycles. The zero-order valence-corrected chi connectivity index (χ0v) is 24.9. The van der Waals surface area contributed by atoms with Crippen LogP contribution in [0, 0.1) is 0 Å². The van der Waals surface area contributed by atoms with Crippen LogP contribution in [0.3, 0.4) is 0 Å². The topological polar surface area (TPSA) is 209 Å². The van der Waals surface area contributed by atoms with Crippen molar-refractivity contribution in [1.82, 2.24) is 10.0 Å². The zero-order chi connectivity index (χ0) is 31.4. The highest BCUT2D eigenvalue weighted by Gasteiger charge is 2.15. The Hall–Kier alpha value is -3.07. The number of nitrogens with one attached hydrogen (secondary N) is 2. The number of hydrogen-bond acceptors (Lipinski definition) is 9. The molecule has 236 valence electrons. The molecule has 0 aromatic heterocycles. The van der Waals surface area contributed by atoms with Gasteiger partial charge in [0.1, 0.15) is 5.75 Å². The number of aromatic hydroxyl groups is 1. The Labute approximate surface area is 248 Å². The summed E-state index contributed by atoms with van der Waals surface area (Å²) in [6.07, 6.45) is 5.90. The van der Waals surface area contributed by atoms with Gasteiger partial charge in [-0.05, 0) is 74.0 Å². The quantitative estimate of drug-likeness (QED) is 0.108. The van der Waals surface area contributed by atoms with Gasteiger partial charge in [0.2, 0.25) is 15.9 Å². The summed E-state index contributed by atoms with van der Waals surface area (Å²) in [5.41, 5.74) is 6.97. The molecule has 0 fully saturated rings. The smallest absolute Gasteiger partial charge is 0.300 e. The Balaban J connectivity index is 0.00000206. The number of ether oxygens (including phenoxy) is 1. The first-order valence-corrected chi connectivity index (χ1v) is 15.4. The first-order chi connectivity index (χ1) is 20.0. The molecule has 8 N–H and O–H groups in total. The molecule has 0 unspecified atom stereocenters. The number of carbonyl (C=O) groups excluding carboxylic acids is 1. The summed E-state index contributed by atoms with van der Waals surface area (Å²) in [5.74, 6) is -1.55. The fourth-order valence-corrected chi connectivity index (χ4v) is 4.92. The van der Waals surface area contributed by atoms with Crippen LogP contribution in [-0.4, -0.2) is 73.6 Å². The maximum absolute atomic E-state index is 12.2. The summed E-state index contributed by atoms with van der Waals surface area (Å²) < 4.78 is 32.3. The van der Waals surface area contributed by atoms with E-state index in [9.17, 15) is 28.5 Å². The number of phenols is 1. The number of carboxylic acid groups (broad SMARTS) is 1.